The van der Waals surface area contributed by atoms with Crippen LogP contribution in [-0.4, -0.2) is 99.2 Å². The number of β-lactam (4-membered cyclic amide) rings is 1. The summed E-state index contributed by atoms with van der Waals surface area (Å²) in [4.78, 5) is 48.4. The van der Waals surface area contributed by atoms with E-state index < -0.39 is 23.3 Å². The molecule has 6 heterocycles. The van der Waals surface area contributed by atoms with E-state index in [1.165, 1.54) is 18.9 Å². The van der Waals surface area contributed by atoms with Crippen molar-refractivity contribution in [2.24, 2.45) is 16.5 Å². The molecule has 0 aliphatic carbocycles. The number of thioether (sulfide) groups is 1. The van der Waals surface area contributed by atoms with Crippen LogP contribution in [0.2, 0.25) is 0 Å². The quantitative estimate of drug-likeness (QED) is 0.188. The van der Waals surface area contributed by atoms with Gasteiger partial charge in [-0.15, -0.1) is 11.8 Å². The van der Waals surface area contributed by atoms with Crippen molar-refractivity contribution in [3.8, 4) is 0 Å². The monoisotopic (exact) mass is 509 g/mol. The Morgan fingerprint density at radius 2 is 2.06 bits per heavy atom. The van der Waals surface area contributed by atoms with E-state index in [0.29, 0.717) is 12.3 Å². The van der Waals surface area contributed by atoms with Crippen LogP contribution < -0.4 is 16.2 Å². The number of nitrogens with zero attached hydrogens (tertiary/aromatic N) is 5. The lowest BCUT2D eigenvalue weighted by molar-refractivity contribution is -0.947. The standard InChI is InChI=1S/C20H27N7O5S2/c1-32-24-12(14-23-19(21)34-25-14)15(28)22-13-16(29)26-8-20(18(30)31,10-33-17(13)26)9-27-5-2-11(3-6-27)4-7-27/h11,13,17H,2-10H2,1H3,(H3-,21,22,23,25,28,30,31)/t11?,13-,17-,20?,27?/m1/s1. The first-order chi connectivity index (χ1) is 16.3. The van der Waals surface area contributed by atoms with Crippen molar-refractivity contribution in [1.82, 2.24) is 19.6 Å². The van der Waals surface area contributed by atoms with Crippen LogP contribution in [0.5, 0.6) is 0 Å². The van der Waals surface area contributed by atoms with Gasteiger partial charge in [0.1, 0.15) is 18.5 Å². The number of carboxylic acids is 1. The molecule has 12 nitrogen and oxygen atoms in total. The average Bonchev–Trinajstić information content (AvgIpc) is 3.27. The number of nitrogens with two attached hydrogens (primary N) is 1. The number of piperidine rings is 3. The van der Waals surface area contributed by atoms with Crippen molar-refractivity contribution >= 4 is 51.9 Å². The third-order valence-corrected chi connectivity index (χ3v) is 9.72. The van der Waals surface area contributed by atoms with Gasteiger partial charge in [-0.3, -0.25) is 9.59 Å². The largest absolute Gasteiger partial charge is 0.549 e. The second-order valence-electron chi connectivity index (χ2n) is 9.67. The van der Waals surface area contributed by atoms with Gasteiger partial charge in [-0.1, -0.05) is 5.16 Å². The Morgan fingerprint density at radius 1 is 1.35 bits per heavy atom. The molecule has 14 heteroatoms. The number of quaternary nitrogens is 1. The van der Waals surface area contributed by atoms with E-state index in [1.54, 1.807) is 4.90 Å². The number of carbonyl (C=O) groups is 3. The molecule has 6 rings (SSSR count). The third-order valence-electron chi connectivity index (χ3n) is 7.59. The van der Waals surface area contributed by atoms with Crippen LogP contribution in [0.15, 0.2) is 5.16 Å². The number of rotatable bonds is 7. The lowest BCUT2D eigenvalue weighted by Gasteiger charge is -2.58. The smallest absolute Gasteiger partial charge is 0.278 e. The van der Waals surface area contributed by atoms with E-state index in [4.69, 9.17) is 10.6 Å². The van der Waals surface area contributed by atoms with Gasteiger partial charge < -0.3 is 35.2 Å². The van der Waals surface area contributed by atoms with Gasteiger partial charge in [0, 0.05) is 23.8 Å². The van der Waals surface area contributed by atoms with Crippen LogP contribution in [0.3, 0.4) is 0 Å². The highest BCUT2D eigenvalue weighted by Crippen LogP contribution is 2.45. The van der Waals surface area contributed by atoms with Gasteiger partial charge in [-0.05, 0) is 25.2 Å². The minimum Gasteiger partial charge on any atom is -0.549 e. The number of aromatic nitrogens is 2. The second kappa shape index (κ2) is 8.64. The highest BCUT2D eigenvalue weighted by molar-refractivity contribution is 8.00. The summed E-state index contributed by atoms with van der Waals surface area (Å²) in [6.45, 7) is 3.58. The molecule has 0 spiro atoms. The molecule has 2 amide bonds. The summed E-state index contributed by atoms with van der Waals surface area (Å²) in [5, 5.41) is 18.6. The Balaban J connectivity index is 1.27. The van der Waals surface area contributed by atoms with Crippen LogP contribution in [0.1, 0.15) is 25.1 Å². The molecule has 3 atom stereocenters. The zero-order valence-electron chi connectivity index (χ0n) is 18.8. The summed E-state index contributed by atoms with van der Waals surface area (Å²) in [5.74, 6) is -0.964. The summed E-state index contributed by atoms with van der Waals surface area (Å²) in [6, 6.07) is -0.798. The summed E-state index contributed by atoms with van der Waals surface area (Å²) >= 11 is 2.29. The van der Waals surface area contributed by atoms with Crippen molar-refractivity contribution in [2.45, 2.75) is 30.7 Å². The predicted molar refractivity (Wildman–Crippen MR) is 122 cm³/mol. The Labute approximate surface area is 204 Å². The molecule has 184 valence electrons. The third kappa shape index (κ3) is 3.90. The first-order valence-electron chi connectivity index (χ1n) is 11.3. The molecule has 0 saturated carbocycles. The van der Waals surface area contributed by atoms with Gasteiger partial charge >= 0.3 is 0 Å². The maximum Gasteiger partial charge on any atom is 0.278 e. The van der Waals surface area contributed by atoms with Crippen LogP contribution in [0, 0.1) is 11.3 Å². The molecule has 3 N–H and O–H groups in total. The molecule has 5 saturated heterocycles. The molecule has 1 aromatic heterocycles. The Kier molecular flexibility index (Phi) is 5.92. The van der Waals surface area contributed by atoms with E-state index in [9.17, 15) is 19.5 Å². The number of nitrogen functional groups attached to an aromatic ring is 1. The number of hydrogen-bond acceptors (Lipinski definition) is 11. The number of oxime groups is 1. The van der Waals surface area contributed by atoms with Crippen molar-refractivity contribution in [3.05, 3.63) is 5.82 Å². The van der Waals surface area contributed by atoms with Crippen molar-refractivity contribution in [1.29, 1.82) is 0 Å². The molecule has 5 fully saturated rings. The van der Waals surface area contributed by atoms with Crippen LogP contribution >= 0.6 is 23.3 Å². The van der Waals surface area contributed by atoms with Gasteiger partial charge in [0.05, 0.1) is 37.6 Å². The lowest BCUT2D eigenvalue weighted by atomic mass is 9.80. The SMILES string of the molecule is CON=C(C(=O)N[C@@H]1C(=O)N2CC(C[N+]34CCC(CC3)CC4)(C(=O)[O-])CS[C@H]12)c1nsc(N)n1. The van der Waals surface area contributed by atoms with Crippen molar-refractivity contribution in [3.63, 3.8) is 0 Å². The minimum atomic E-state index is -1.10. The van der Waals surface area contributed by atoms with Gasteiger partial charge in [-0.25, -0.2) is 0 Å². The Morgan fingerprint density at radius 3 is 2.65 bits per heavy atom. The first-order valence-corrected chi connectivity index (χ1v) is 13.1. The molecule has 5 aliphatic heterocycles. The fourth-order valence-corrected chi connectivity index (χ4v) is 7.70. The molecular formula is C20H27N7O5S2. The van der Waals surface area contributed by atoms with Gasteiger partial charge in [0.15, 0.2) is 5.13 Å². The number of aliphatic carboxylic acids is 1. The summed E-state index contributed by atoms with van der Waals surface area (Å²) in [5.41, 5.74) is 4.32. The number of carbonyl (C=O) groups excluding carboxylic acids is 3. The van der Waals surface area contributed by atoms with Crippen LogP contribution in [-0.2, 0) is 19.2 Å². The summed E-state index contributed by atoms with van der Waals surface area (Å²) in [7, 11) is 1.28. The number of fused-ring (bicyclic) bond motifs is 4. The number of carboxylic acid groups (broad SMARTS) is 1. The number of amides is 2. The molecule has 5 aliphatic rings. The molecule has 1 aromatic rings. The molecular weight excluding hydrogens is 482 g/mol. The zero-order chi connectivity index (χ0) is 24.1. The van der Waals surface area contributed by atoms with Crippen molar-refractivity contribution in [2.75, 3.05) is 51.3 Å². The Bertz CT molecular complexity index is 1030. The molecule has 2 bridgehead atoms. The van der Waals surface area contributed by atoms with E-state index in [-0.39, 0.29) is 34.5 Å². The highest BCUT2D eigenvalue weighted by atomic mass is 32.2. The lowest BCUT2D eigenvalue weighted by Crippen LogP contribution is -2.76. The van der Waals surface area contributed by atoms with Crippen LogP contribution in [0.25, 0.3) is 0 Å². The molecule has 0 aromatic carbocycles. The molecule has 1 unspecified atom stereocenters. The fourth-order valence-electron chi connectivity index (χ4n) is 5.74. The van der Waals surface area contributed by atoms with E-state index in [0.717, 1.165) is 60.8 Å². The van der Waals surface area contributed by atoms with Gasteiger partial charge in [-0.2, -0.15) is 9.36 Å². The van der Waals surface area contributed by atoms with Crippen molar-refractivity contribution < 1.29 is 28.8 Å². The topological polar surface area (TPSA) is 163 Å². The minimum absolute atomic E-state index is 0.0111. The first kappa shape index (κ1) is 23.3. The fraction of sp³-hybridized carbons (Fsp3) is 0.700. The van der Waals surface area contributed by atoms with Crippen LogP contribution in [0.4, 0.5) is 5.13 Å². The molecule has 34 heavy (non-hydrogen) atoms. The number of anilines is 1. The average molecular weight is 510 g/mol. The molecule has 0 radical (unpaired) electrons. The zero-order valence-corrected chi connectivity index (χ0v) is 20.4. The number of hydrogen-bond donors (Lipinski definition) is 2. The second-order valence-corrected chi connectivity index (χ2v) is 11.6. The van der Waals surface area contributed by atoms with Gasteiger partial charge in [0.2, 0.25) is 17.4 Å². The maximum absolute atomic E-state index is 13.0. The summed E-state index contributed by atoms with van der Waals surface area (Å²) < 4.78 is 4.78. The highest BCUT2D eigenvalue weighted by Gasteiger charge is 2.58. The van der Waals surface area contributed by atoms with E-state index in [1.807, 2.05) is 0 Å². The summed E-state index contributed by atoms with van der Waals surface area (Å²) in [6.07, 6.45) is 3.42. The van der Waals surface area contributed by atoms with Gasteiger partial charge in [0.25, 0.3) is 5.91 Å². The number of nitrogens with one attached hydrogen (secondary N) is 1. The maximum atomic E-state index is 13.0. The Hall–Kier alpha value is -2.45. The van der Waals surface area contributed by atoms with E-state index in [2.05, 4.69) is 19.8 Å². The predicted octanol–water partition coefficient (Wildman–Crippen LogP) is -1.76. The van der Waals surface area contributed by atoms with E-state index >= 15 is 0 Å². The normalized spacial score (nSPS) is 34.9.